The minimum Gasteiger partial charge on any atom is -0.309 e. The SMILES string of the molecule is NS(=O)(=O)c1cccc(CNC2CC3CC=CC32)c1. The Morgan fingerprint density at radius 1 is 1.37 bits per heavy atom. The number of primary sulfonamides is 1. The number of fused-ring (bicyclic) bond motifs is 1. The fraction of sp³-hybridized carbons (Fsp3) is 0.429. The molecule has 1 aromatic carbocycles. The van der Waals surface area contributed by atoms with Gasteiger partial charge >= 0.3 is 0 Å². The van der Waals surface area contributed by atoms with E-state index in [2.05, 4.69) is 17.5 Å². The van der Waals surface area contributed by atoms with Gasteiger partial charge in [0.25, 0.3) is 0 Å². The van der Waals surface area contributed by atoms with E-state index in [-0.39, 0.29) is 4.90 Å². The van der Waals surface area contributed by atoms with Crippen molar-refractivity contribution in [3.05, 3.63) is 42.0 Å². The van der Waals surface area contributed by atoms with Crippen molar-refractivity contribution in [2.75, 3.05) is 0 Å². The molecule has 0 radical (unpaired) electrons. The summed E-state index contributed by atoms with van der Waals surface area (Å²) in [6, 6.07) is 7.35. The van der Waals surface area contributed by atoms with Crippen LogP contribution < -0.4 is 10.5 Å². The molecule has 1 aromatic rings. The van der Waals surface area contributed by atoms with Crippen molar-refractivity contribution in [3.63, 3.8) is 0 Å². The fourth-order valence-electron chi connectivity index (χ4n) is 3.03. The summed E-state index contributed by atoms with van der Waals surface area (Å²) in [6.07, 6.45) is 6.99. The second-order valence-corrected chi connectivity index (χ2v) is 6.98. The molecule has 0 saturated heterocycles. The van der Waals surface area contributed by atoms with Crippen LogP contribution in [-0.4, -0.2) is 14.5 Å². The number of benzene rings is 1. The Labute approximate surface area is 113 Å². The first-order valence-electron chi connectivity index (χ1n) is 6.56. The number of nitrogens with one attached hydrogen (secondary N) is 1. The van der Waals surface area contributed by atoms with Gasteiger partial charge in [0.15, 0.2) is 0 Å². The predicted molar refractivity (Wildman–Crippen MR) is 73.8 cm³/mol. The van der Waals surface area contributed by atoms with Gasteiger partial charge in [0.05, 0.1) is 4.90 Å². The first-order chi connectivity index (χ1) is 9.04. The second kappa shape index (κ2) is 4.74. The lowest BCUT2D eigenvalue weighted by molar-refractivity contribution is 0.162. The minimum atomic E-state index is -3.61. The molecule has 0 bridgehead atoms. The van der Waals surface area contributed by atoms with Crippen molar-refractivity contribution < 1.29 is 8.42 Å². The molecule has 4 nitrogen and oxygen atoms in total. The smallest absolute Gasteiger partial charge is 0.238 e. The van der Waals surface area contributed by atoms with E-state index in [4.69, 9.17) is 5.14 Å². The van der Waals surface area contributed by atoms with Crippen LogP contribution in [0.2, 0.25) is 0 Å². The van der Waals surface area contributed by atoms with Gasteiger partial charge in [-0.3, -0.25) is 0 Å². The van der Waals surface area contributed by atoms with E-state index < -0.39 is 10.0 Å². The average Bonchev–Trinajstić information content (AvgIpc) is 2.71. The van der Waals surface area contributed by atoms with Crippen molar-refractivity contribution >= 4 is 10.0 Å². The van der Waals surface area contributed by atoms with Gasteiger partial charge in [0.1, 0.15) is 0 Å². The summed E-state index contributed by atoms with van der Waals surface area (Å²) >= 11 is 0. The standard InChI is InChI=1S/C14H18N2O2S/c15-19(17,18)12-5-1-3-10(7-12)9-16-14-8-11-4-2-6-13(11)14/h1-3,5-7,11,13-14,16H,4,8-9H2,(H2,15,17,18). The topological polar surface area (TPSA) is 72.2 Å². The van der Waals surface area contributed by atoms with Crippen LogP contribution in [0.5, 0.6) is 0 Å². The zero-order valence-corrected chi connectivity index (χ0v) is 11.4. The number of hydrogen-bond acceptors (Lipinski definition) is 3. The molecule has 2 aliphatic rings. The van der Waals surface area contributed by atoms with E-state index in [1.54, 1.807) is 12.1 Å². The van der Waals surface area contributed by atoms with Gasteiger partial charge in [-0.25, -0.2) is 13.6 Å². The van der Waals surface area contributed by atoms with Crippen molar-refractivity contribution in [2.45, 2.75) is 30.3 Å². The molecule has 0 spiro atoms. The van der Waals surface area contributed by atoms with Crippen LogP contribution in [0.4, 0.5) is 0 Å². The molecular formula is C14H18N2O2S. The Morgan fingerprint density at radius 2 is 2.21 bits per heavy atom. The van der Waals surface area contributed by atoms with Gasteiger partial charge in [-0.1, -0.05) is 24.3 Å². The lowest BCUT2D eigenvalue weighted by atomic mass is 9.71. The highest BCUT2D eigenvalue weighted by molar-refractivity contribution is 7.89. The highest BCUT2D eigenvalue weighted by Gasteiger charge is 2.40. The molecule has 0 amide bonds. The molecule has 0 aromatic heterocycles. The maximum atomic E-state index is 11.3. The van der Waals surface area contributed by atoms with Crippen molar-refractivity contribution in [2.24, 2.45) is 17.0 Å². The van der Waals surface area contributed by atoms with Gasteiger partial charge in [0.2, 0.25) is 10.0 Å². The summed E-state index contributed by atoms with van der Waals surface area (Å²) in [5.74, 6) is 1.50. The third kappa shape index (κ3) is 2.59. The zero-order chi connectivity index (χ0) is 13.5. The van der Waals surface area contributed by atoms with Crippen molar-refractivity contribution in [3.8, 4) is 0 Å². The van der Waals surface area contributed by atoms with Crippen LogP contribution in [0.1, 0.15) is 18.4 Å². The Bertz CT molecular complexity index is 610. The highest BCUT2D eigenvalue weighted by Crippen LogP contribution is 2.42. The van der Waals surface area contributed by atoms with E-state index in [0.717, 1.165) is 11.5 Å². The zero-order valence-electron chi connectivity index (χ0n) is 10.6. The summed E-state index contributed by atoms with van der Waals surface area (Å²) in [7, 11) is -3.61. The lowest BCUT2D eigenvalue weighted by Gasteiger charge is -2.40. The summed E-state index contributed by atoms with van der Waals surface area (Å²) in [6.45, 7) is 0.686. The second-order valence-electron chi connectivity index (χ2n) is 5.42. The summed E-state index contributed by atoms with van der Waals surface area (Å²) in [5, 5.41) is 8.63. The molecule has 2 aliphatic carbocycles. The summed E-state index contributed by atoms with van der Waals surface area (Å²) in [5.41, 5.74) is 0.956. The van der Waals surface area contributed by atoms with Gasteiger partial charge < -0.3 is 5.32 Å². The van der Waals surface area contributed by atoms with E-state index in [1.807, 2.05) is 6.07 Å². The first-order valence-corrected chi connectivity index (χ1v) is 8.10. The summed E-state index contributed by atoms with van der Waals surface area (Å²) < 4.78 is 22.6. The van der Waals surface area contributed by atoms with Crippen LogP contribution in [0, 0.1) is 11.8 Å². The molecule has 19 heavy (non-hydrogen) atoms. The molecule has 1 fully saturated rings. The Balaban J connectivity index is 1.63. The normalized spacial score (nSPS) is 29.0. The molecular weight excluding hydrogens is 260 g/mol. The van der Waals surface area contributed by atoms with Crippen molar-refractivity contribution in [1.29, 1.82) is 0 Å². The van der Waals surface area contributed by atoms with E-state index in [0.29, 0.717) is 18.5 Å². The molecule has 3 atom stereocenters. The number of nitrogens with two attached hydrogens (primary N) is 1. The van der Waals surface area contributed by atoms with Crippen LogP contribution in [0.3, 0.4) is 0 Å². The predicted octanol–water partition coefficient (Wildman–Crippen LogP) is 1.39. The summed E-state index contributed by atoms with van der Waals surface area (Å²) in [4.78, 5) is 0.180. The number of allylic oxidation sites excluding steroid dienone is 1. The van der Waals surface area contributed by atoms with Gasteiger partial charge in [0, 0.05) is 12.6 Å². The highest BCUT2D eigenvalue weighted by atomic mass is 32.2. The Hall–Kier alpha value is -1.17. The molecule has 1 saturated carbocycles. The average molecular weight is 278 g/mol. The third-order valence-corrected chi connectivity index (χ3v) is 5.07. The monoisotopic (exact) mass is 278 g/mol. The van der Waals surface area contributed by atoms with E-state index in [1.165, 1.54) is 18.9 Å². The number of rotatable bonds is 4. The van der Waals surface area contributed by atoms with Crippen LogP contribution in [0.15, 0.2) is 41.3 Å². The van der Waals surface area contributed by atoms with Gasteiger partial charge in [-0.2, -0.15) is 0 Å². The van der Waals surface area contributed by atoms with Gasteiger partial charge in [-0.05, 0) is 42.4 Å². The quantitative estimate of drug-likeness (QED) is 0.817. The largest absolute Gasteiger partial charge is 0.309 e. The van der Waals surface area contributed by atoms with E-state index in [9.17, 15) is 8.42 Å². The Morgan fingerprint density at radius 3 is 2.95 bits per heavy atom. The van der Waals surface area contributed by atoms with Crippen molar-refractivity contribution in [1.82, 2.24) is 5.32 Å². The maximum Gasteiger partial charge on any atom is 0.238 e. The first kappa shape index (κ1) is 12.8. The Kier molecular flexibility index (Phi) is 3.20. The molecule has 102 valence electrons. The van der Waals surface area contributed by atoms with Crippen LogP contribution >= 0.6 is 0 Å². The molecule has 0 heterocycles. The minimum absolute atomic E-state index is 0.180. The maximum absolute atomic E-state index is 11.3. The fourth-order valence-corrected chi connectivity index (χ4v) is 3.61. The number of hydrogen-bond donors (Lipinski definition) is 2. The van der Waals surface area contributed by atoms with Crippen LogP contribution in [0.25, 0.3) is 0 Å². The lowest BCUT2D eigenvalue weighted by Crippen LogP contribution is -2.47. The number of sulfonamides is 1. The van der Waals surface area contributed by atoms with E-state index >= 15 is 0 Å². The molecule has 5 heteroatoms. The molecule has 3 rings (SSSR count). The van der Waals surface area contributed by atoms with Crippen LogP contribution in [-0.2, 0) is 16.6 Å². The molecule has 3 N–H and O–H groups in total. The molecule has 0 aliphatic heterocycles. The van der Waals surface area contributed by atoms with Gasteiger partial charge in [-0.15, -0.1) is 0 Å². The molecule has 3 unspecified atom stereocenters. The third-order valence-electron chi connectivity index (χ3n) is 4.16.